The summed E-state index contributed by atoms with van der Waals surface area (Å²) in [7, 11) is 0.413. The number of hydrogen-bond acceptors (Lipinski definition) is 6. The van der Waals surface area contributed by atoms with Crippen LogP contribution in [0.5, 0.6) is 5.75 Å². The molecule has 1 fully saturated rings. The molecular formula is C25H30ClN3O7S. The highest BCUT2D eigenvalue weighted by atomic mass is 35.5. The summed E-state index contributed by atoms with van der Waals surface area (Å²) in [6, 6.07) is 8.97. The van der Waals surface area contributed by atoms with E-state index in [1.165, 1.54) is 39.4 Å². The van der Waals surface area contributed by atoms with Crippen molar-refractivity contribution in [3.8, 4) is 5.75 Å². The van der Waals surface area contributed by atoms with E-state index in [1.54, 1.807) is 18.2 Å². The molecule has 1 saturated carbocycles. The zero-order valence-corrected chi connectivity index (χ0v) is 22.4. The second-order valence-electron chi connectivity index (χ2n) is 9.02. The first-order chi connectivity index (χ1) is 17.4. The van der Waals surface area contributed by atoms with Gasteiger partial charge in [-0.1, -0.05) is 17.7 Å². The SMILES string of the molecule is COc1ccc(CNC(=O)c2cc(S(=O)(=O)N(C)C)ccc2NC(=O)C2CCC(C(=O)O)CC2)cc1Cl. The molecule has 2 aromatic carbocycles. The van der Waals surface area contributed by atoms with Crippen LogP contribution in [-0.2, 0) is 26.2 Å². The summed E-state index contributed by atoms with van der Waals surface area (Å²) >= 11 is 6.16. The fourth-order valence-corrected chi connectivity index (χ4v) is 5.33. The molecule has 0 bridgehead atoms. The maximum Gasteiger partial charge on any atom is 0.306 e. The third kappa shape index (κ3) is 6.79. The second kappa shape index (κ2) is 11.9. The summed E-state index contributed by atoms with van der Waals surface area (Å²) < 4.78 is 31.5. The van der Waals surface area contributed by atoms with Gasteiger partial charge in [0.05, 0.1) is 34.2 Å². The number of benzene rings is 2. The number of sulfonamides is 1. The number of halogens is 1. The molecule has 200 valence electrons. The van der Waals surface area contributed by atoms with Crippen molar-refractivity contribution >= 4 is 45.1 Å². The second-order valence-corrected chi connectivity index (χ2v) is 11.6. The minimum atomic E-state index is -3.84. The minimum Gasteiger partial charge on any atom is -0.495 e. The maximum absolute atomic E-state index is 13.2. The molecule has 0 radical (unpaired) electrons. The van der Waals surface area contributed by atoms with Gasteiger partial charge in [-0.25, -0.2) is 12.7 Å². The van der Waals surface area contributed by atoms with E-state index in [0.29, 0.717) is 42.0 Å². The molecule has 0 atom stereocenters. The van der Waals surface area contributed by atoms with Crippen molar-refractivity contribution in [2.75, 3.05) is 26.5 Å². The highest BCUT2D eigenvalue weighted by Gasteiger charge is 2.30. The number of amides is 2. The molecule has 0 aliphatic heterocycles. The molecule has 0 heterocycles. The van der Waals surface area contributed by atoms with Gasteiger partial charge < -0.3 is 20.5 Å². The molecule has 37 heavy (non-hydrogen) atoms. The maximum atomic E-state index is 13.2. The number of rotatable bonds is 9. The molecule has 3 rings (SSSR count). The zero-order chi connectivity index (χ0) is 27.3. The van der Waals surface area contributed by atoms with Gasteiger partial charge in [-0.2, -0.15) is 0 Å². The number of anilines is 1. The molecule has 1 aliphatic rings. The lowest BCUT2D eigenvalue weighted by Gasteiger charge is -2.25. The Labute approximate surface area is 221 Å². The number of ether oxygens (including phenoxy) is 1. The van der Waals surface area contributed by atoms with E-state index < -0.39 is 33.7 Å². The number of methoxy groups -OCH3 is 1. The monoisotopic (exact) mass is 551 g/mol. The van der Waals surface area contributed by atoms with Gasteiger partial charge in [0, 0.05) is 26.6 Å². The molecule has 0 aromatic heterocycles. The molecule has 0 saturated heterocycles. The fraction of sp³-hybridized carbons (Fsp3) is 0.400. The van der Waals surface area contributed by atoms with Crippen molar-refractivity contribution in [1.29, 1.82) is 0 Å². The Morgan fingerprint density at radius 2 is 1.70 bits per heavy atom. The molecule has 0 spiro atoms. The van der Waals surface area contributed by atoms with Crippen molar-refractivity contribution in [2.45, 2.75) is 37.1 Å². The normalized spacial score (nSPS) is 17.8. The van der Waals surface area contributed by atoms with Crippen molar-refractivity contribution < 1.29 is 32.6 Å². The average Bonchev–Trinajstić information content (AvgIpc) is 2.87. The van der Waals surface area contributed by atoms with Crippen LogP contribution in [0.4, 0.5) is 5.69 Å². The van der Waals surface area contributed by atoms with E-state index in [4.69, 9.17) is 16.3 Å². The van der Waals surface area contributed by atoms with E-state index in [-0.39, 0.29) is 28.6 Å². The summed E-state index contributed by atoms with van der Waals surface area (Å²) in [5, 5.41) is 15.0. The first kappa shape index (κ1) is 28.4. The zero-order valence-electron chi connectivity index (χ0n) is 20.8. The van der Waals surface area contributed by atoms with Crippen molar-refractivity contribution in [3.05, 3.63) is 52.5 Å². The summed E-state index contributed by atoms with van der Waals surface area (Å²) in [5.74, 6) is -2.18. The molecule has 1 aliphatic carbocycles. The Bertz CT molecular complexity index is 1290. The summed E-state index contributed by atoms with van der Waals surface area (Å²) in [6.07, 6.45) is 1.61. The lowest BCUT2D eigenvalue weighted by molar-refractivity contribution is -0.143. The smallest absolute Gasteiger partial charge is 0.306 e. The van der Waals surface area contributed by atoms with Crippen molar-refractivity contribution in [3.63, 3.8) is 0 Å². The largest absolute Gasteiger partial charge is 0.495 e. The Morgan fingerprint density at radius 3 is 2.27 bits per heavy atom. The molecule has 2 aromatic rings. The van der Waals surface area contributed by atoms with Gasteiger partial charge in [-0.05, 0) is 61.6 Å². The number of carbonyl (C=O) groups excluding carboxylic acids is 2. The number of carboxylic acids is 1. The number of hydrogen-bond donors (Lipinski definition) is 3. The van der Waals surface area contributed by atoms with E-state index in [0.717, 1.165) is 4.31 Å². The van der Waals surface area contributed by atoms with Gasteiger partial charge in [0.15, 0.2) is 0 Å². The molecule has 10 nitrogen and oxygen atoms in total. The molecular weight excluding hydrogens is 522 g/mol. The number of nitrogens with zero attached hydrogens (tertiary/aromatic N) is 1. The van der Waals surface area contributed by atoms with Gasteiger partial charge in [-0.15, -0.1) is 0 Å². The van der Waals surface area contributed by atoms with Crippen LogP contribution in [0.1, 0.15) is 41.6 Å². The minimum absolute atomic E-state index is 0.0184. The lowest BCUT2D eigenvalue weighted by atomic mass is 9.81. The van der Waals surface area contributed by atoms with Crippen LogP contribution in [0.25, 0.3) is 0 Å². The summed E-state index contributed by atoms with van der Waals surface area (Å²) in [4.78, 5) is 37.2. The van der Waals surface area contributed by atoms with E-state index in [1.807, 2.05) is 0 Å². The standard InChI is InChI=1S/C25H30ClN3O7S/c1-29(2)37(34,35)18-9-10-21(28-23(30)16-5-7-17(8-6-16)25(32)33)19(13-18)24(31)27-14-15-4-11-22(36-3)20(26)12-15/h4,9-13,16-17H,5-8,14H2,1-3H3,(H,27,31)(H,28,30)(H,32,33). The topological polar surface area (TPSA) is 142 Å². The first-order valence-electron chi connectivity index (χ1n) is 11.6. The summed E-state index contributed by atoms with van der Waals surface area (Å²) in [5.41, 5.74) is 0.834. The van der Waals surface area contributed by atoms with E-state index in [2.05, 4.69) is 10.6 Å². The van der Waals surface area contributed by atoms with Gasteiger partial charge >= 0.3 is 5.97 Å². The number of aliphatic carboxylic acids is 1. The van der Waals surface area contributed by atoms with Gasteiger partial charge in [0.1, 0.15) is 5.75 Å². The van der Waals surface area contributed by atoms with E-state index >= 15 is 0 Å². The Balaban J connectivity index is 1.83. The molecule has 2 amide bonds. The number of nitrogens with one attached hydrogen (secondary N) is 2. The third-order valence-electron chi connectivity index (χ3n) is 6.39. The number of carbonyl (C=O) groups is 3. The average molecular weight is 552 g/mol. The first-order valence-corrected chi connectivity index (χ1v) is 13.5. The highest BCUT2D eigenvalue weighted by molar-refractivity contribution is 7.89. The Kier molecular flexibility index (Phi) is 9.16. The lowest BCUT2D eigenvalue weighted by Crippen LogP contribution is -2.31. The van der Waals surface area contributed by atoms with Crippen LogP contribution in [-0.4, -0.2) is 56.8 Å². The van der Waals surface area contributed by atoms with Gasteiger partial charge in [-0.3, -0.25) is 14.4 Å². The molecule has 0 unspecified atom stereocenters. The van der Waals surface area contributed by atoms with Crippen LogP contribution in [0.15, 0.2) is 41.3 Å². The molecule has 3 N–H and O–H groups in total. The Morgan fingerprint density at radius 1 is 1.05 bits per heavy atom. The predicted molar refractivity (Wildman–Crippen MR) is 138 cm³/mol. The predicted octanol–water partition coefficient (Wildman–Crippen LogP) is 3.36. The number of carboxylic acid groups (broad SMARTS) is 1. The van der Waals surface area contributed by atoms with Gasteiger partial charge in [0.2, 0.25) is 15.9 Å². The van der Waals surface area contributed by atoms with Crippen LogP contribution >= 0.6 is 11.6 Å². The quantitative estimate of drug-likeness (QED) is 0.433. The van der Waals surface area contributed by atoms with Crippen LogP contribution in [0.2, 0.25) is 5.02 Å². The van der Waals surface area contributed by atoms with Crippen LogP contribution in [0.3, 0.4) is 0 Å². The highest BCUT2D eigenvalue weighted by Crippen LogP contribution is 2.31. The van der Waals surface area contributed by atoms with Crippen molar-refractivity contribution in [2.24, 2.45) is 11.8 Å². The van der Waals surface area contributed by atoms with Crippen LogP contribution < -0.4 is 15.4 Å². The molecule has 12 heteroatoms. The van der Waals surface area contributed by atoms with Crippen molar-refractivity contribution in [1.82, 2.24) is 9.62 Å². The van der Waals surface area contributed by atoms with Crippen LogP contribution in [0, 0.1) is 11.8 Å². The fourth-order valence-electron chi connectivity index (χ4n) is 4.13. The summed E-state index contributed by atoms with van der Waals surface area (Å²) in [6.45, 7) is 0.0970. The third-order valence-corrected chi connectivity index (χ3v) is 8.50. The Hall–Kier alpha value is -3.15. The van der Waals surface area contributed by atoms with E-state index in [9.17, 15) is 27.9 Å². The van der Waals surface area contributed by atoms with Gasteiger partial charge in [0.25, 0.3) is 5.91 Å².